The second-order valence-electron chi connectivity index (χ2n) is 5.08. The lowest BCUT2D eigenvalue weighted by atomic mass is 10.2. The van der Waals surface area contributed by atoms with Crippen LogP contribution in [0, 0.1) is 0 Å². The summed E-state index contributed by atoms with van der Waals surface area (Å²) in [5.41, 5.74) is 6.26. The van der Waals surface area contributed by atoms with E-state index in [-0.39, 0.29) is 17.5 Å². The van der Waals surface area contributed by atoms with E-state index in [0.29, 0.717) is 17.3 Å². The van der Waals surface area contributed by atoms with Crippen molar-refractivity contribution >= 4 is 17.8 Å². The van der Waals surface area contributed by atoms with E-state index >= 15 is 0 Å². The fourth-order valence-electron chi connectivity index (χ4n) is 2.09. The van der Waals surface area contributed by atoms with Crippen LogP contribution in [0.4, 0.5) is 10.6 Å². The van der Waals surface area contributed by atoms with Gasteiger partial charge in [-0.2, -0.15) is 5.10 Å². The summed E-state index contributed by atoms with van der Waals surface area (Å²) in [6.45, 7) is 1.36. The van der Waals surface area contributed by atoms with Crippen molar-refractivity contribution < 1.29 is 14.3 Å². The topological polar surface area (TPSA) is 112 Å². The van der Waals surface area contributed by atoms with Crippen LogP contribution in [0.3, 0.4) is 0 Å². The standard InChI is InChI=1S/C14H15N5O3/c1-8(20)17-13-6-12(22-14(15)21)10(7-16-13)11-4-5-19(18-11)9-2-3-9/h4-7,9H,2-3H2,1H3,(H2,15,21)(H,16,17,20). The van der Waals surface area contributed by atoms with E-state index in [2.05, 4.69) is 15.4 Å². The van der Waals surface area contributed by atoms with Crippen LogP contribution >= 0.6 is 0 Å². The average molecular weight is 301 g/mol. The van der Waals surface area contributed by atoms with Crippen molar-refractivity contribution in [2.75, 3.05) is 5.32 Å². The molecule has 2 aromatic rings. The Morgan fingerprint density at radius 3 is 2.86 bits per heavy atom. The van der Waals surface area contributed by atoms with Gasteiger partial charge in [0.15, 0.2) is 0 Å². The minimum atomic E-state index is -0.942. The molecule has 0 atom stereocenters. The number of amides is 2. The second kappa shape index (κ2) is 5.47. The quantitative estimate of drug-likeness (QED) is 0.892. The largest absolute Gasteiger partial charge is 0.410 e. The first-order valence-corrected chi connectivity index (χ1v) is 6.83. The van der Waals surface area contributed by atoms with Crippen LogP contribution in [0.15, 0.2) is 24.5 Å². The lowest BCUT2D eigenvalue weighted by Crippen LogP contribution is -2.17. The number of nitrogens with one attached hydrogen (secondary N) is 1. The molecular weight excluding hydrogens is 286 g/mol. The predicted octanol–water partition coefficient (Wildman–Crippen LogP) is 1.70. The predicted molar refractivity (Wildman–Crippen MR) is 78.2 cm³/mol. The van der Waals surface area contributed by atoms with Crippen molar-refractivity contribution in [2.24, 2.45) is 5.73 Å². The monoisotopic (exact) mass is 301 g/mol. The third-order valence-electron chi connectivity index (χ3n) is 3.19. The van der Waals surface area contributed by atoms with Gasteiger partial charge in [-0.05, 0) is 18.9 Å². The molecule has 0 spiro atoms. The molecular formula is C14H15N5O3. The first kappa shape index (κ1) is 14.1. The summed E-state index contributed by atoms with van der Waals surface area (Å²) in [6.07, 6.45) is 4.66. The molecule has 2 amide bonds. The van der Waals surface area contributed by atoms with Gasteiger partial charge in [0.25, 0.3) is 0 Å². The zero-order valence-electron chi connectivity index (χ0n) is 11.9. The smallest absolute Gasteiger partial charge is 0.409 e. The number of hydrogen-bond donors (Lipinski definition) is 2. The van der Waals surface area contributed by atoms with E-state index in [1.807, 2.05) is 16.9 Å². The van der Waals surface area contributed by atoms with E-state index in [1.54, 1.807) is 0 Å². The van der Waals surface area contributed by atoms with Crippen LogP contribution in [0.5, 0.6) is 5.75 Å². The van der Waals surface area contributed by atoms with Gasteiger partial charge in [0, 0.05) is 25.4 Å². The molecule has 0 saturated heterocycles. The Kier molecular flexibility index (Phi) is 3.50. The van der Waals surface area contributed by atoms with Gasteiger partial charge in [0.1, 0.15) is 11.6 Å². The molecule has 0 aliphatic heterocycles. The maximum absolute atomic E-state index is 11.1. The second-order valence-corrected chi connectivity index (χ2v) is 5.08. The summed E-state index contributed by atoms with van der Waals surface area (Å²) in [6, 6.07) is 3.71. The van der Waals surface area contributed by atoms with Crippen molar-refractivity contribution in [1.29, 1.82) is 0 Å². The fraction of sp³-hybridized carbons (Fsp3) is 0.286. The van der Waals surface area contributed by atoms with E-state index in [0.717, 1.165) is 12.8 Å². The number of aromatic nitrogens is 3. The molecule has 0 aromatic carbocycles. The van der Waals surface area contributed by atoms with E-state index < -0.39 is 6.09 Å². The number of nitrogens with zero attached hydrogens (tertiary/aromatic N) is 3. The highest BCUT2D eigenvalue weighted by molar-refractivity contribution is 5.88. The summed E-state index contributed by atoms with van der Waals surface area (Å²) in [5, 5.41) is 6.98. The molecule has 2 aromatic heterocycles. The summed E-state index contributed by atoms with van der Waals surface area (Å²) < 4.78 is 6.89. The molecule has 2 heterocycles. The molecule has 114 valence electrons. The van der Waals surface area contributed by atoms with Gasteiger partial charge < -0.3 is 15.8 Å². The number of pyridine rings is 1. The van der Waals surface area contributed by atoms with E-state index in [9.17, 15) is 9.59 Å². The lowest BCUT2D eigenvalue weighted by molar-refractivity contribution is -0.114. The molecule has 22 heavy (non-hydrogen) atoms. The zero-order chi connectivity index (χ0) is 15.7. The number of carbonyl (C=O) groups is 2. The van der Waals surface area contributed by atoms with Gasteiger partial charge >= 0.3 is 6.09 Å². The highest BCUT2D eigenvalue weighted by Crippen LogP contribution is 2.36. The molecule has 1 saturated carbocycles. The minimum Gasteiger partial charge on any atom is -0.410 e. The summed E-state index contributed by atoms with van der Waals surface area (Å²) in [7, 11) is 0. The first-order valence-electron chi connectivity index (χ1n) is 6.83. The summed E-state index contributed by atoms with van der Waals surface area (Å²) >= 11 is 0. The van der Waals surface area contributed by atoms with Gasteiger partial charge in [-0.1, -0.05) is 0 Å². The highest BCUT2D eigenvalue weighted by atomic mass is 16.5. The van der Waals surface area contributed by atoms with Gasteiger partial charge in [-0.3, -0.25) is 9.48 Å². The number of ether oxygens (including phenoxy) is 1. The molecule has 1 aliphatic rings. The molecule has 0 unspecified atom stereocenters. The summed E-state index contributed by atoms with van der Waals surface area (Å²) in [4.78, 5) is 26.3. The normalized spacial score (nSPS) is 13.7. The van der Waals surface area contributed by atoms with Gasteiger partial charge in [-0.25, -0.2) is 9.78 Å². The fourth-order valence-corrected chi connectivity index (χ4v) is 2.09. The van der Waals surface area contributed by atoms with Crippen molar-refractivity contribution in [1.82, 2.24) is 14.8 Å². The van der Waals surface area contributed by atoms with E-state index in [1.165, 1.54) is 19.2 Å². The molecule has 0 radical (unpaired) electrons. The van der Waals surface area contributed by atoms with Crippen LogP contribution in [0.25, 0.3) is 11.3 Å². The Morgan fingerprint density at radius 2 is 2.23 bits per heavy atom. The Balaban J connectivity index is 1.96. The Bertz CT molecular complexity index is 736. The van der Waals surface area contributed by atoms with Crippen LogP contribution in [0.1, 0.15) is 25.8 Å². The molecule has 3 N–H and O–H groups in total. The SMILES string of the molecule is CC(=O)Nc1cc(OC(N)=O)c(-c2ccn(C3CC3)n2)cn1. The summed E-state index contributed by atoms with van der Waals surface area (Å²) in [5.74, 6) is 0.199. The van der Waals surface area contributed by atoms with Crippen LogP contribution < -0.4 is 15.8 Å². The number of nitrogens with two attached hydrogens (primary N) is 1. The lowest BCUT2D eigenvalue weighted by Gasteiger charge is -2.09. The maximum Gasteiger partial charge on any atom is 0.409 e. The number of primary amides is 1. The van der Waals surface area contributed by atoms with Crippen molar-refractivity contribution in [2.45, 2.75) is 25.8 Å². The molecule has 1 fully saturated rings. The maximum atomic E-state index is 11.1. The number of carbonyl (C=O) groups excluding carboxylic acids is 2. The molecule has 1 aliphatic carbocycles. The zero-order valence-corrected chi connectivity index (χ0v) is 11.9. The molecule has 3 rings (SSSR count). The number of anilines is 1. The van der Waals surface area contributed by atoms with Gasteiger partial charge in [0.2, 0.25) is 5.91 Å². The van der Waals surface area contributed by atoms with Crippen molar-refractivity contribution in [3.63, 3.8) is 0 Å². The van der Waals surface area contributed by atoms with Gasteiger partial charge in [-0.15, -0.1) is 0 Å². The average Bonchev–Trinajstić information content (AvgIpc) is 3.16. The van der Waals surface area contributed by atoms with E-state index in [4.69, 9.17) is 10.5 Å². The Hall–Kier alpha value is -2.90. The van der Waals surface area contributed by atoms with Crippen molar-refractivity contribution in [3.8, 4) is 17.0 Å². The van der Waals surface area contributed by atoms with Gasteiger partial charge in [0.05, 0.1) is 17.3 Å². The molecule has 0 bridgehead atoms. The van der Waals surface area contributed by atoms with Crippen LogP contribution in [-0.4, -0.2) is 26.8 Å². The van der Waals surface area contributed by atoms with Crippen LogP contribution in [-0.2, 0) is 4.79 Å². The van der Waals surface area contributed by atoms with Crippen LogP contribution in [0.2, 0.25) is 0 Å². The first-order chi connectivity index (χ1) is 10.5. The number of hydrogen-bond acceptors (Lipinski definition) is 5. The van der Waals surface area contributed by atoms with Crippen molar-refractivity contribution in [3.05, 3.63) is 24.5 Å². The third-order valence-corrected chi connectivity index (χ3v) is 3.19. The molecule has 8 nitrogen and oxygen atoms in total. The third kappa shape index (κ3) is 3.05. The Morgan fingerprint density at radius 1 is 1.45 bits per heavy atom. The Labute approximate surface area is 126 Å². The minimum absolute atomic E-state index is 0.201. The number of rotatable bonds is 4. The highest BCUT2D eigenvalue weighted by Gasteiger charge is 2.25. The molecule has 8 heteroatoms.